The summed E-state index contributed by atoms with van der Waals surface area (Å²) in [5.41, 5.74) is 0.330. The van der Waals surface area contributed by atoms with Crippen LogP contribution in [0.2, 0.25) is 0 Å². The van der Waals surface area contributed by atoms with Gasteiger partial charge >= 0.3 is 0 Å². The van der Waals surface area contributed by atoms with Crippen molar-refractivity contribution in [2.45, 2.75) is 29.8 Å². The summed E-state index contributed by atoms with van der Waals surface area (Å²) in [7, 11) is -3.76. The van der Waals surface area contributed by atoms with Gasteiger partial charge in [0.15, 0.2) is 0 Å². The van der Waals surface area contributed by atoms with E-state index < -0.39 is 20.5 Å². The molecule has 2 aliphatic rings. The Morgan fingerprint density at radius 1 is 1.08 bits per heavy atom. The molecular weight excluding hydrogens is 356 g/mol. The van der Waals surface area contributed by atoms with Crippen LogP contribution in [0.15, 0.2) is 47.5 Å². The van der Waals surface area contributed by atoms with E-state index in [0.29, 0.717) is 25.9 Å². The largest absolute Gasteiger partial charge is 0.348 e. The Kier molecular flexibility index (Phi) is 4.09. The van der Waals surface area contributed by atoms with Gasteiger partial charge in [0.05, 0.1) is 15.4 Å². The van der Waals surface area contributed by atoms with Crippen LogP contribution in [0.3, 0.4) is 0 Å². The standard InChI is InChI=1S/C17H20N4O4S/c22-21(23)14-3-5-15(6-4-14)26(24,25)20-13-12-19-11-1-2-16(19)17(20)7-9-18-10-8-17/h1-6,11,18H,7-10,12-13H2. The first-order valence-corrected chi connectivity index (χ1v) is 10.0. The van der Waals surface area contributed by atoms with Crippen molar-refractivity contribution >= 4 is 15.7 Å². The second-order valence-electron chi connectivity index (χ2n) is 6.70. The van der Waals surface area contributed by atoms with Crippen LogP contribution in [-0.4, -0.2) is 41.8 Å². The number of nitrogens with zero attached hydrogens (tertiary/aromatic N) is 3. The molecule has 4 rings (SSSR count). The van der Waals surface area contributed by atoms with E-state index in [1.54, 1.807) is 4.31 Å². The molecule has 9 heteroatoms. The lowest BCUT2D eigenvalue weighted by Crippen LogP contribution is -2.58. The number of hydrogen-bond donors (Lipinski definition) is 1. The van der Waals surface area contributed by atoms with Gasteiger partial charge in [-0.1, -0.05) is 0 Å². The zero-order valence-corrected chi connectivity index (χ0v) is 15.0. The van der Waals surface area contributed by atoms with Crippen molar-refractivity contribution in [3.05, 3.63) is 58.4 Å². The van der Waals surface area contributed by atoms with E-state index in [-0.39, 0.29) is 10.6 Å². The number of nitro benzene ring substituents is 1. The third-order valence-electron chi connectivity index (χ3n) is 5.39. The lowest BCUT2D eigenvalue weighted by Gasteiger charge is -2.49. The van der Waals surface area contributed by atoms with Crippen molar-refractivity contribution in [3.8, 4) is 0 Å². The van der Waals surface area contributed by atoms with Crippen LogP contribution < -0.4 is 5.32 Å². The van der Waals surface area contributed by atoms with Gasteiger partial charge in [0.1, 0.15) is 0 Å². The molecule has 1 aromatic heterocycles. The maximum Gasteiger partial charge on any atom is 0.269 e. The molecule has 1 aromatic carbocycles. The topological polar surface area (TPSA) is 97.5 Å². The fraction of sp³-hybridized carbons (Fsp3) is 0.412. The second-order valence-corrected chi connectivity index (χ2v) is 8.56. The average Bonchev–Trinajstić information content (AvgIpc) is 3.13. The summed E-state index contributed by atoms with van der Waals surface area (Å²) in [5.74, 6) is 0. The van der Waals surface area contributed by atoms with Crippen molar-refractivity contribution < 1.29 is 13.3 Å². The van der Waals surface area contributed by atoms with Gasteiger partial charge in [-0.2, -0.15) is 4.31 Å². The van der Waals surface area contributed by atoms with E-state index in [0.717, 1.165) is 18.8 Å². The van der Waals surface area contributed by atoms with Gasteiger partial charge in [0.2, 0.25) is 10.0 Å². The summed E-state index contributed by atoms with van der Waals surface area (Å²) in [6.07, 6.45) is 3.39. The normalized spacial score (nSPS) is 20.0. The Bertz CT molecular complexity index is 930. The molecule has 3 heterocycles. The molecule has 0 saturated carbocycles. The van der Waals surface area contributed by atoms with Crippen LogP contribution in [0.25, 0.3) is 0 Å². The molecule has 1 spiro atoms. The minimum atomic E-state index is -3.76. The molecule has 1 saturated heterocycles. The summed E-state index contributed by atoms with van der Waals surface area (Å²) < 4.78 is 30.5. The highest BCUT2D eigenvalue weighted by Crippen LogP contribution is 2.43. The van der Waals surface area contributed by atoms with Gasteiger partial charge in [-0.15, -0.1) is 0 Å². The Hall–Kier alpha value is -2.23. The molecule has 0 unspecified atom stereocenters. The predicted molar refractivity (Wildman–Crippen MR) is 95.2 cm³/mol. The van der Waals surface area contributed by atoms with Crippen molar-refractivity contribution in [1.82, 2.24) is 14.2 Å². The predicted octanol–water partition coefficient (Wildman–Crippen LogP) is 1.68. The number of non-ortho nitro benzene ring substituents is 1. The summed E-state index contributed by atoms with van der Waals surface area (Å²) in [6, 6.07) is 9.11. The van der Waals surface area contributed by atoms with E-state index >= 15 is 0 Å². The fourth-order valence-electron chi connectivity index (χ4n) is 4.14. The number of hydrogen-bond acceptors (Lipinski definition) is 5. The first kappa shape index (κ1) is 17.2. The van der Waals surface area contributed by atoms with E-state index in [9.17, 15) is 18.5 Å². The van der Waals surface area contributed by atoms with E-state index in [2.05, 4.69) is 9.88 Å². The number of fused-ring (bicyclic) bond motifs is 2. The highest BCUT2D eigenvalue weighted by atomic mass is 32.2. The van der Waals surface area contributed by atoms with Gasteiger partial charge in [0.25, 0.3) is 5.69 Å². The Balaban J connectivity index is 1.78. The number of sulfonamides is 1. The lowest BCUT2D eigenvalue weighted by molar-refractivity contribution is -0.384. The van der Waals surface area contributed by atoms with E-state index in [1.807, 2.05) is 18.3 Å². The van der Waals surface area contributed by atoms with Crippen molar-refractivity contribution in [3.63, 3.8) is 0 Å². The number of piperidine rings is 1. The van der Waals surface area contributed by atoms with Crippen molar-refractivity contribution in [2.75, 3.05) is 19.6 Å². The third-order valence-corrected chi connectivity index (χ3v) is 7.37. The molecule has 0 bridgehead atoms. The molecular formula is C17H20N4O4S. The van der Waals surface area contributed by atoms with Crippen molar-refractivity contribution in [1.29, 1.82) is 0 Å². The molecule has 2 aliphatic heterocycles. The summed E-state index contributed by atoms with van der Waals surface area (Å²) in [4.78, 5) is 10.4. The zero-order valence-electron chi connectivity index (χ0n) is 14.2. The summed E-state index contributed by atoms with van der Waals surface area (Å²) >= 11 is 0. The van der Waals surface area contributed by atoms with E-state index in [1.165, 1.54) is 24.3 Å². The minimum Gasteiger partial charge on any atom is -0.348 e. The first-order valence-electron chi connectivity index (χ1n) is 8.59. The van der Waals surface area contributed by atoms with Gasteiger partial charge in [-0.25, -0.2) is 8.42 Å². The molecule has 26 heavy (non-hydrogen) atoms. The molecule has 1 fully saturated rings. The fourth-order valence-corrected chi connectivity index (χ4v) is 5.93. The monoisotopic (exact) mass is 376 g/mol. The lowest BCUT2D eigenvalue weighted by atomic mass is 9.83. The molecule has 0 aliphatic carbocycles. The molecule has 1 N–H and O–H groups in total. The average molecular weight is 376 g/mol. The second kappa shape index (κ2) is 6.19. The molecule has 0 amide bonds. The zero-order chi connectivity index (χ0) is 18.4. The molecule has 138 valence electrons. The smallest absolute Gasteiger partial charge is 0.269 e. The summed E-state index contributed by atoms with van der Waals surface area (Å²) in [5, 5.41) is 14.2. The van der Waals surface area contributed by atoms with Gasteiger partial charge in [-0.3, -0.25) is 10.1 Å². The number of benzene rings is 1. The maximum atomic E-state index is 13.4. The Morgan fingerprint density at radius 3 is 2.42 bits per heavy atom. The van der Waals surface area contributed by atoms with Gasteiger partial charge < -0.3 is 9.88 Å². The number of aromatic nitrogens is 1. The highest BCUT2D eigenvalue weighted by Gasteiger charge is 2.49. The number of rotatable bonds is 3. The first-order chi connectivity index (χ1) is 12.4. The molecule has 8 nitrogen and oxygen atoms in total. The number of nitrogens with one attached hydrogen (secondary N) is 1. The molecule has 0 atom stereocenters. The Labute approximate surface area is 151 Å². The third kappa shape index (κ3) is 2.54. The van der Waals surface area contributed by atoms with Gasteiger partial charge in [0, 0.05) is 37.1 Å². The summed E-state index contributed by atoms with van der Waals surface area (Å²) in [6.45, 7) is 2.49. The Morgan fingerprint density at radius 2 is 1.77 bits per heavy atom. The maximum absolute atomic E-state index is 13.4. The van der Waals surface area contributed by atoms with Crippen molar-refractivity contribution in [2.24, 2.45) is 0 Å². The van der Waals surface area contributed by atoms with Crippen LogP contribution in [0, 0.1) is 10.1 Å². The number of nitro groups is 1. The quantitative estimate of drug-likeness (QED) is 0.649. The SMILES string of the molecule is O=[N+]([O-])c1ccc(S(=O)(=O)N2CCn3cccc3C23CCNCC3)cc1. The van der Waals surface area contributed by atoms with E-state index in [4.69, 9.17) is 0 Å². The minimum absolute atomic E-state index is 0.0982. The van der Waals surface area contributed by atoms with Crippen LogP contribution >= 0.6 is 0 Å². The van der Waals surface area contributed by atoms with Crippen LogP contribution in [0.4, 0.5) is 5.69 Å². The van der Waals surface area contributed by atoms with Crippen LogP contribution in [0.5, 0.6) is 0 Å². The molecule has 2 aromatic rings. The molecule has 0 radical (unpaired) electrons. The van der Waals surface area contributed by atoms with Crippen LogP contribution in [0.1, 0.15) is 18.5 Å². The van der Waals surface area contributed by atoms with Crippen LogP contribution in [-0.2, 0) is 22.1 Å². The van der Waals surface area contributed by atoms with Gasteiger partial charge in [-0.05, 0) is 50.2 Å². The highest BCUT2D eigenvalue weighted by molar-refractivity contribution is 7.89.